The molecule has 15 heavy (non-hydrogen) atoms. The molecule has 0 radical (unpaired) electrons. The molecule has 2 rings (SSSR count). The summed E-state index contributed by atoms with van der Waals surface area (Å²) in [6, 6.07) is 0.546. The first kappa shape index (κ1) is 11.1. The normalized spacial score (nSPS) is 35.3. The maximum atomic E-state index is 11.0. The molecule has 0 amide bonds. The fourth-order valence-corrected chi connectivity index (χ4v) is 2.91. The van der Waals surface area contributed by atoms with Gasteiger partial charge in [0.1, 0.15) is 6.29 Å². The quantitative estimate of drug-likeness (QED) is 0.635. The summed E-state index contributed by atoms with van der Waals surface area (Å²) in [5.41, 5.74) is 0. The number of rotatable bonds is 2. The van der Waals surface area contributed by atoms with Crippen LogP contribution in [0.5, 0.6) is 0 Å². The number of likely N-dealkylation sites (N-methyl/N-ethyl adjacent to an activating group) is 1. The van der Waals surface area contributed by atoms with Crippen LogP contribution in [0.3, 0.4) is 0 Å². The van der Waals surface area contributed by atoms with Gasteiger partial charge in [0, 0.05) is 38.1 Å². The van der Waals surface area contributed by atoms with Gasteiger partial charge in [0.2, 0.25) is 0 Å². The van der Waals surface area contributed by atoms with Gasteiger partial charge in [0.05, 0.1) is 0 Å². The number of carbonyl (C=O) groups is 1. The molecule has 0 spiro atoms. The molecule has 2 fully saturated rings. The van der Waals surface area contributed by atoms with E-state index in [1.54, 1.807) is 0 Å². The highest BCUT2D eigenvalue weighted by molar-refractivity contribution is 5.55. The highest BCUT2D eigenvalue weighted by atomic mass is 16.1. The fourth-order valence-electron chi connectivity index (χ4n) is 2.91. The van der Waals surface area contributed by atoms with Crippen LogP contribution < -0.4 is 0 Å². The standard InChI is InChI=1S/C12H22N2O/c1-13-6-8-14(9-7-13)12-5-3-2-4-11(12)10-15/h10-12H,2-9H2,1H3. The first-order chi connectivity index (χ1) is 7.31. The van der Waals surface area contributed by atoms with E-state index in [0.29, 0.717) is 12.0 Å². The van der Waals surface area contributed by atoms with E-state index in [4.69, 9.17) is 0 Å². The summed E-state index contributed by atoms with van der Waals surface area (Å²) in [7, 11) is 2.18. The third-order valence-electron chi connectivity index (χ3n) is 3.96. The Morgan fingerprint density at radius 3 is 2.40 bits per heavy atom. The van der Waals surface area contributed by atoms with Gasteiger partial charge in [-0.2, -0.15) is 0 Å². The zero-order chi connectivity index (χ0) is 10.7. The average Bonchev–Trinajstić information content (AvgIpc) is 2.30. The van der Waals surface area contributed by atoms with Gasteiger partial charge >= 0.3 is 0 Å². The number of hydrogen-bond donors (Lipinski definition) is 0. The zero-order valence-corrected chi connectivity index (χ0v) is 9.69. The third-order valence-corrected chi connectivity index (χ3v) is 3.96. The zero-order valence-electron chi connectivity index (χ0n) is 9.69. The molecule has 86 valence electrons. The predicted octanol–water partition coefficient (Wildman–Crippen LogP) is 0.991. The maximum absolute atomic E-state index is 11.0. The molecule has 2 atom stereocenters. The first-order valence-corrected chi connectivity index (χ1v) is 6.19. The lowest BCUT2D eigenvalue weighted by molar-refractivity contribution is -0.114. The molecule has 2 unspecified atom stereocenters. The largest absolute Gasteiger partial charge is 0.304 e. The van der Waals surface area contributed by atoms with Crippen LogP contribution in [0.25, 0.3) is 0 Å². The van der Waals surface area contributed by atoms with Crippen molar-refractivity contribution in [2.24, 2.45) is 5.92 Å². The number of aldehydes is 1. The number of piperazine rings is 1. The van der Waals surface area contributed by atoms with Crippen molar-refractivity contribution in [3.8, 4) is 0 Å². The van der Waals surface area contributed by atoms with E-state index in [2.05, 4.69) is 16.8 Å². The van der Waals surface area contributed by atoms with Crippen molar-refractivity contribution in [2.75, 3.05) is 33.2 Å². The highest BCUT2D eigenvalue weighted by Gasteiger charge is 2.30. The molecule has 1 heterocycles. The molecule has 1 aliphatic carbocycles. The van der Waals surface area contributed by atoms with Gasteiger partial charge in [-0.05, 0) is 19.9 Å². The molecule has 1 saturated heterocycles. The summed E-state index contributed by atoms with van der Waals surface area (Å²) < 4.78 is 0. The van der Waals surface area contributed by atoms with Crippen molar-refractivity contribution in [2.45, 2.75) is 31.7 Å². The molecule has 1 saturated carbocycles. The predicted molar refractivity (Wildman–Crippen MR) is 60.9 cm³/mol. The minimum Gasteiger partial charge on any atom is -0.304 e. The minimum atomic E-state index is 0.308. The summed E-state index contributed by atoms with van der Waals surface area (Å²) in [4.78, 5) is 16.0. The van der Waals surface area contributed by atoms with Gasteiger partial charge < -0.3 is 9.69 Å². The molecule has 0 N–H and O–H groups in total. The van der Waals surface area contributed by atoms with Gasteiger partial charge in [-0.15, -0.1) is 0 Å². The van der Waals surface area contributed by atoms with Crippen LogP contribution >= 0.6 is 0 Å². The Morgan fingerprint density at radius 2 is 1.73 bits per heavy atom. The lowest BCUT2D eigenvalue weighted by Crippen LogP contribution is -2.52. The Morgan fingerprint density at radius 1 is 1.07 bits per heavy atom. The summed E-state index contributed by atoms with van der Waals surface area (Å²) in [5, 5.41) is 0. The van der Waals surface area contributed by atoms with Crippen LogP contribution in [0.15, 0.2) is 0 Å². The van der Waals surface area contributed by atoms with Crippen LogP contribution in [0, 0.1) is 5.92 Å². The van der Waals surface area contributed by atoms with E-state index in [1.165, 1.54) is 25.5 Å². The summed E-state index contributed by atoms with van der Waals surface area (Å²) >= 11 is 0. The Bertz CT molecular complexity index is 212. The van der Waals surface area contributed by atoms with Gasteiger partial charge in [-0.3, -0.25) is 4.90 Å². The first-order valence-electron chi connectivity index (χ1n) is 6.19. The lowest BCUT2D eigenvalue weighted by atomic mass is 9.84. The van der Waals surface area contributed by atoms with Crippen LogP contribution in [0.1, 0.15) is 25.7 Å². The van der Waals surface area contributed by atoms with E-state index >= 15 is 0 Å². The fraction of sp³-hybridized carbons (Fsp3) is 0.917. The SMILES string of the molecule is CN1CCN(C2CCCCC2C=O)CC1. The van der Waals surface area contributed by atoms with E-state index in [-0.39, 0.29) is 0 Å². The smallest absolute Gasteiger partial charge is 0.124 e. The second kappa shape index (κ2) is 5.08. The highest BCUT2D eigenvalue weighted by Crippen LogP contribution is 2.27. The van der Waals surface area contributed by atoms with Crippen molar-refractivity contribution in [1.29, 1.82) is 0 Å². The number of hydrogen-bond acceptors (Lipinski definition) is 3. The number of nitrogens with zero attached hydrogens (tertiary/aromatic N) is 2. The Hall–Kier alpha value is -0.410. The third kappa shape index (κ3) is 2.58. The summed E-state index contributed by atoms with van der Waals surface area (Å²) in [5.74, 6) is 0.308. The van der Waals surface area contributed by atoms with Gasteiger partial charge in [-0.25, -0.2) is 0 Å². The van der Waals surface area contributed by atoms with Crippen molar-refractivity contribution < 1.29 is 4.79 Å². The van der Waals surface area contributed by atoms with E-state index < -0.39 is 0 Å². The van der Waals surface area contributed by atoms with Gasteiger partial charge in [0.15, 0.2) is 0 Å². The Labute approximate surface area is 92.4 Å². The number of carbonyl (C=O) groups excluding carboxylic acids is 1. The molecule has 3 nitrogen and oxygen atoms in total. The molecule has 1 aliphatic heterocycles. The van der Waals surface area contributed by atoms with E-state index in [0.717, 1.165) is 32.6 Å². The van der Waals surface area contributed by atoms with Crippen LogP contribution in [0.4, 0.5) is 0 Å². The molecule has 2 aliphatic rings. The van der Waals surface area contributed by atoms with Crippen LogP contribution in [0.2, 0.25) is 0 Å². The van der Waals surface area contributed by atoms with Crippen molar-refractivity contribution in [3.05, 3.63) is 0 Å². The molecule has 0 aromatic rings. The van der Waals surface area contributed by atoms with Crippen LogP contribution in [-0.2, 0) is 4.79 Å². The van der Waals surface area contributed by atoms with E-state index in [1.807, 2.05) is 0 Å². The molecule has 3 heteroatoms. The molecular formula is C12H22N2O. The monoisotopic (exact) mass is 210 g/mol. The molecule has 0 bridgehead atoms. The van der Waals surface area contributed by atoms with Gasteiger partial charge in [0.25, 0.3) is 0 Å². The maximum Gasteiger partial charge on any atom is 0.124 e. The molecule has 0 aromatic carbocycles. The Kier molecular flexibility index (Phi) is 3.76. The topological polar surface area (TPSA) is 23.6 Å². The van der Waals surface area contributed by atoms with E-state index in [9.17, 15) is 4.79 Å². The van der Waals surface area contributed by atoms with Crippen LogP contribution in [-0.4, -0.2) is 55.4 Å². The van der Waals surface area contributed by atoms with Crippen molar-refractivity contribution in [3.63, 3.8) is 0 Å². The molecular weight excluding hydrogens is 188 g/mol. The van der Waals surface area contributed by atoms with Crippen molar-refractivity contribution in [1.82, 2.24) is 9.80 Å². The minimum absolute atomic E-state index is 0.308. The summed E-state index contributed by atoms with van der Waals surface area (Å²) in [6.45, 7) is 4.60. The lowest BCUT2D eigenvalue weighted by Gasteiger charge is -2.42. The van der Waals surface area contributed by atoms with Gasteiger partial charge in [-0.1, -0.05) is 12.8 Å². The summed E-state index contributed by atoms with van der Waals surface area (Å²) in [6.07, 6.45) is 6.09. The second-order valence-electron chi connectivity index (χ2n) is 4.99. The molecule has 0 aromatic heterocycles. The Balaban J connectivity index is 1.92. The average molecular weight is 210 g/mol. The second-order valence-corrected chi connectivity index (χ2v) is 4.99. The van der Waals surface area contributed by atoms with Crippen molar-refractivity contribution >= 4 is 6.29 Å².